The van der Waals surface area contributed by atoms with Gasteiger partial charge in [-0.1, -0.05) is 18.7 Å². The first kappa shape index (κ1) is 14.0. The van der Waals surface area contributed by atoms with Crippen molar-refractivity contribution in [2.45, 2.75) is 18.2 Å². The Hall–Kier alpha value is -1.06. The smallest absolute Gasteiger partial charge is 0.0635 e. The summed E-state index contributed by atoms with van der Waals surface area (Å²) in [6, 6.07) is 8.08. The molecule has 3 heteroatoms. The van der Waals surface area contributed by atoms with E-state index in [1.807, 2.05) is 30.8 Å². The van der Waals surface area contributed by atoms with E-state index in [1.165, 1.54) is 4.90 Å². The maximum absolute atomic E-state index is 7.82. The molecule has 0 fully saturated rings. The molecule has 1 aromatic rings. The normalized spacial score (nSPS) is 10.2. The van der Waals surface area contributed by atoms with Gasteiger partial charge in [-0.3, -0.25) is 0 Å². The highest BCUT2D eigenvalue weighted by Gasteiger charge is 2.02. The lowest BCUT2D eigenvalue weighted by Crippen LogP contribution is -1.98. The molecule has 0 amide bonds. The first-order valence-corrected chi connectivity index (χ1v) is 6.60. The summed E-state index contributed by atoms with van der Waals surface area (Å²) >= 11 is 1.82. The molecule has 0 aliphatic heterocycles. The highest BCUT2D eigenvalue weighted by atomic mass is 32.2. The van der Waals surface area contributed by atoms with Crippen molar-refractivity contribution in [3.63, 3.8) is 0 Å². The molecule has 0 atom stereocenters. The second kappa shape index (κ2) is 7.30. The Balaban J connectivity index is 2.50. The van der Waals surface area contributed by atoms with Crippen LogP contribution in [-0.2, 0) is 4.74 Å². The highest BCUT2D eigenvalue weighted by molar-refractivity contribution is 7.99. The molecular weight excluding hydrogens is 230 g/mol. The molecule has 0 radical (unpaired) electrons. The van der Waals surface area contributed by atoms with Crippen LogP contribution in [0, 0.1) is 5.41 Å². The van der Waals surface area contributed by atoms with Gasteiger partial charge in [-0.2, -0.15) is 0 Å². The van der Waals surface area contributed by atoms with Crippen LogP contribution in [0.15, 0.2) is 41.3 Å². The molecule has 0 saturated carbocycles. The maximum Gasteiger partial charge on any atom is 0.0635 e. The zero-order chi connectivity index (χ0) is 12.7. The van der Waals surface area contributed by atoms with E-state index in [0.29, 0.717) is 5.71 Å². The fraction of sp³-hybridized carbons (Fsp3) is 0.357. The van der Waals surface area contributed by atoms with E-state index in [2.05, 4.69) is 18.7 Å². The molecule has 2 nitrogen and oxygen atoms in total. The SMILES string of the molecule is C=C(C)C(=N)c1ccc(SCCCOC)cc1. The Bertz CT molecular complexity index is 384. The predicted octanol–water partition coefficient (Wildman–Crippen LogP) is 3.76. The van der Waals surface area contributed by atoms with Crippen LogP contribution in [0.1, 0.15) is 18.9 Å². The van der Waals surface area contributed by atoms with Crippen molar-refractivity contribution in [1.29, 1.82) is 5.41 Å². The van der Waals surface area contributed by atoms with Crippen molar-refractivity contribution in [2.75, 3.05) is 19.5 Å². The van der Waals surface area contributed by atoms with Crippen LogP contribution in [0.2, 0.25) is 0 Å². The van der Waals surface area contributed by atoms with Crippen molar-refractivity contribution in [1.82, 2.24) is 0 Å². The van der Waals surface area contributed by atoms with Crippen molar-refractivity contribution < 1.29 is 4.74 Å². The van der Waals surface area contributed by atoms with Gasteiger partial charge in [0.25, 0.3) is 0 Å². The molecule has 0 aromatic heterocycles. The number of ether oxygens (including phenoxy) is 1. The molecule has 0 aliphatic carbocycles. The van der Waals surface area contributed by atoms with Gasteiger partial charge in [0.1, 0.15) is 0 Å². The monoisotopic (exact) mass is 249 g/mol. The summed E-state index contributed by atoms with van der Waals surface area (Å²) in [4.78, 5) is 1.24. The van der Waals surface area contributed by atoms with Gasteiger partial charge in [0.05, 0.1) is 5.71 Å². The van der Waals surface area contributed by atoms with Gasteiger partial charge in [0.15, 0.2) is 0 Å². The van der Waals surface area contributed by atoms with Crippen LogP contribution >= 0.6 is 11.8 Å². The summed E-state index contributed by atoms with van der Waals surface area (Å²) < 4.78 is 5.01. The fourth-order valence-electron chi connectivity index (χ4n) is 1.36. The van der Waals surface area contributed by atoms with Gasteiger partial charge in [-0.25, -0.2) is 0 Å². The van der Waals surface area contributed by atoms with Crippen molar-refractivity contribution in [2.24, 2.45) is 0 Å². The summed E-state index contributed by atoms with van der Waals surface area (Å²) in [5, 5.41) is 7.82. The van der Waals surface area contributed by atoms with Gasteiger partial charge < -0.3 is 10.1 Å². The molecule has 0 bridgehead atoms. The minimum absolute atomic E-state index is 0.515. The number of nitrogens with one attached hydrogen (secondary N) is 1. The molecule has 1 N–H and O–H groups in total. The zero-order valence-electron chi connectivity index (χ0n) is 10.5. The third kappa shape index (κ3) is 4.75. The van der Waals surface area contributed by atoms with Gasteiger partial charge in [0, 0.05) is 24.4 Å². The molecule has 17 heavy (non-hydrogen) atoms. The molecule has 0 unspecified atom stereocenters. The van der Waals surface area contributed by atoms with Crippen molar-refractivity contribution in [3.8, 4) is 0 Å². The van der Waals surface area contributed by atoms with Crippen LogP contribution in [0.25, 0.3) is 0 Å². The Morgan fingerprint density at radius 3 is 2.53 bits per heavy atom. The van der Waals surface area contributed by atoms with Crippen molar-refractivity contribution in [3.05, 3.63) is 42.0 Å². The Labute approximate surface area is 108 Å². The Morgan fingerprint density at radius 2 is 2.00 bits per heavy atom. The Kier molecular flexibility index (Phi) is 6.01. The summed E-state index contributed by atoms with van der Waals surface area (Å²) in [5.41, 5.74) is 2.24. The van der Waals surface area contributed by atoms with Crippen LogP contribution in [0.4, 0.5) is 0 Å². The molecule has 0 spiro atoms. The van der Waals surface area contributed by atoms with Gasteiger partial charge in [-0.05, 0) is 36.6 Å². The van der Waals surface area contributed by atoms with Gasteiger partial charge in [-0.15, -0.1) is 11.8 Å². The van der Waals surface area contributed by atoms with Crippen LogP contribution in [-0.4, -0.2) is 25.2 Å². The molecule has 1 rings (SSSR count). The largest absolute Gasteiger partial charge is 0.385 e. The van der Waals surface area contributed by atoms with E-state index in [-0.39, 0.29) is 0 Å². The molecule has 0 saturated heterocycles. The average Bonchev–Trinajstić information content (AvgIpc) is 2.34. The first-order valence-electron chi connectivity index (χ1n) is 5.61. The van der Waals surface area contributed by atoms with Crippen LogP contribution in [0.3, 0.4) is 0 Å². The van der Waals surface area contributed by atoms with E-state index >= 15 is 0 Å². The highest BCUT2D eigenvalue weighted by Crippen LogP contribution is 2.20. The number of hydrogen-bond donors (Lipinski definition) is 1. The summed E-state index contributed by atoms with van der Waals surface area (Å²) in [5.74, 6) is 1.06. The second-order valence-corrected chi connectivity index (χ2v) is 5.04. The fourth-order valence-corrected chi connectivity index (χ4v) is 2.18. The maximum atomic E-state index is 7.82. The quantitative estimate of drug-likeness (QED) is 0.453. The molecule has 1 aromatic carbocycles. The zero-order valence-corrected chi connectivity index (χ0v) is 11.3. The Morgan fingerprint density at radius 1 is 1.35 bits per heavy atom. The number of rotatable bonds is 7. The number of thioether (sulfide) groups is 1. The molecular formula is C14H19NOS. The number of methoxy groups -OCH3 is 1. The van der Waals surface area contributed by atoms with Crippen LogP contribution in [0.5, 0.6) is 0 Å². The average molecular weight is 249 g/mol. The third-order valence-electron chi connectivity index (χ3n) is 2.33. The predicted molar refractivity (Wildman–Crippen MR) is 75.3 cm³/mol. The third-order valence-corrected chi connectivity index (χ3v) is 3.43. The second-order valence-electron chi connectivity index (χ2n) is 3.87. The summed E-state index contributed by atoms with van der Waals surface area (Å²) in [7, 11) is 1.72. The van der Waals surface area contributed by atoms with Crippen molar-refractivity contribution >= 4 is 17.5 Å². The van der Waals surface area contributed by atoms with E-state index in [4.69, 9.17) is 10.1 Å². The van der Waals surface area contributed by atoms with E-state index in [9.17, 15) is 0 Å². The van der Waals surface area contributed by atoms with E-state index in [0.717, 1.165) is 29.9 Å². The van der Waals surface area contributed by atoms with E-state index in [1.54, 1.807) is 7.11 Å². The molecule has 0 heterocycles. The molecule has 0 aliphatic rings. The lowest BCUT2D eigenvalue weighted by Gasteiger charge is -2.05. The number of benzene rings is 1. The number of allylic oxidation sites excluding steroid dienone is 1. The standard InChI is InChI=1S/C14H19NOS/c1-11(2)14(15)12-5-7-13(8-6-12)17-10-4-9-16-3/h5-8,15H,1,4,9-10H2,2-3H3. The topological polar surface area (TPSA) is 33.1 Å². The van der Waals surface area contributed by atoms with Gasteiger partial charge in [0.2, 0.25) is 0 Å². The van der Waals surface area contributed by atoms with Gasteiger partial charge >= 0.3 is 0 Å². The van der Waals surface area contributed by atoms with Crippen LogP contribution < -0.4 is 0 Å². The summed E-state index contributed by atoms with van der Waals surface area (Å²) in [6.45, 7) is 6.45. The first-order chi connectivity index (χ1) is 8.15. The molecule has 92 valence electrons. The minimum Gasteiger partial charge on any atom is -0.385 e. The minimum atomic E-state index is 0.515. The lowest BCUT2D eigenvalue weighted by atomic mass is 10.1. The summed E-state index contributed by atoms with van der Waals surface area (Å²) in [6.07, 6.45) is 1.06. The lowest BCUT2D eigenvalue weighted by molar-refractivity contribution is 0.200. The van der Waals surface area contributed by atoms with E-state index < -0.39 is 0 Å². The number of hydrogen-bond acceptors (Lipinski definition) is 3.